The summed E-state index contributed by atoms with van der Waals surface area (Å²) in [6.45, 7) is 1.94. The van der Waals surface area contributed by atoms with E-state index in [9.17, 15) is 9.59 Å². The van der Waals surface area contributed by atoms with Crippen LogP contribution in [0.4, 0.5) is 11.4 Å². The predicted octanol–water partition coefficient (Wildman–Crippen LogP) is 4.11. The SMILES string of the molecule is Cc1cccc(N2C(=O)[C@@H]3[C@H](ON(c4ccccc4)[C@@H]3c3cccs3)C2=O)c1. The van der Waals surface area contributed by atoms with Crippen LogP contribution in [-0.2, 0) is 14.4 Å². The van der Waals surface area contributed by atoms with Crippen molar-refractivity contribution in [2.24, 2.45) is 5.92 Å². The first-order valence-electron chi connectivity index (χ1n) is 9.14. The van der Waals surface area contributed by atoms with Crippen LogP contribution in [0.5, 0.6) is 0 Å². The second-order valence-electron chi connectivity index (χ2n) is 7.02. The molecule has 0 saturated carbocycles. The van der Waals surface area contributed by atoms with Crippen molar-refractivity contribution in [2.75, 3.05) is 9.96 Å². The quantitative estimate of drug-likeness (QED) is 0.632. The van der Waals surface area contributed by atoms with Gasteiger partial charge < -0.3 is 0 Å². The predicted molar refractivity (Wildman–Crippen MR) is 108 cm³/mol. The minimum absolute atomic E-state index is 0.211. The first-order valence-corrected chi connectivity index (χ1v) is 10.0. The van der Waals surface area contributed by atoms with Crippen LogP contribution < -0.4 is 9.96 Å². The standard InChI is InChI=1S/C22H18N2O3S/c1-14-7-5-10-16(13-14)23-21(25)18-19(17-11-6-12-28-17)24(27-20(18)22(23)26)15-8-3-2-4-9-15/h2-13,18-20H,1H3/t18-,19+,20-/m0/s1. The minimum Gasteiger partial charge on any atom is -0.273 e. The van der Waals surface area contributed by atoms with E-state index in [0.29, 0.717) is 5.69 Å². The minimum atomic E-state index is -0.819. The van der Waals surface area contributed by atoms with Gasteiger partial charge in [-0.3, -0.25) is 14.4 Å². The average molecular weight is 390 g/mol. The number of hydrogen-bond acceptors (Lipinski definition) is 5. The molecule has 28 heavy (non-hydrogen) atoms. The first kappa shape index (κ1) is 17.2. The molecule has 0 aliphatic carbocycles. The third kappa shape index (κ3) is 2.57. The number of fused-ring (bicyclic) bond motifs is 1. The number of anilines is 2. The van der Waals surface area contributed by atoms with Crippen molar-refractivity contribution in [3.8, 4) is 0 Å². The van der Waals surface area contributed by atoms with Gasteiger partial charge in [0.25, 0.3) is 5.91 Å². The monoisotopic (exact) mass is 390 g/mol. The molecule has 2 saturated heterocycles. The third-order valence-electron chi connectivity index (χ3n) is 5.22. The number of benzene rings is 2. The van der Waals surface area contributed by atoms with Crippen molar-refractivity contribution >= 4 is 34.5 Å². The van der Waals surface area contributed by atoms with Crippen molar-refractivity contribution in [2.45, 2.75) is 19.1 Å². The lowest BCUT2D eigenvalue weighted by atomic mass is 9.95. The van der Waals surface area contributed by atoms with E-state index in [1.807, 2.05) is 73.0 Å². The molecule has 0 spiro atoms. The molecule has 3 atom stereocenters. The number of imide groups is 1. The Morgan fingerprint density at radius 2 is 1.68 bits per heavy atom. The molecule has 3 heterocycles. The molecular weight excluding hydrogens is 372 g/mol. The lowest BCUT2D eigenvalue weighted by Crippen LogP contribution is -2.37. The molecule has 2 aliphatic heterocycles. The van der Waals surface area contributed by atoms with Crippen LogP contribution >= 0.6 is 11.3 Å². The first-order chi connectivity index (χ1) is 13.6. The van der Waals surface area contributed by atoms with Gasteiger partial charge in [-0.15, -0.1) is 11.3 Å². The zero-order valence-electron chi connectivity index (χ0n) is 15.2. The van der Waals surface area contributed by atoms with E-state index in [1.54, 1.807) is 22.5 Å². The average Bonchev–Trinajstić information content (AvgIpc) is 3.40. The molecule has 5 rings (SSSR count). The number of amides is 2. The van der Waals surface area contributed by atoms with E-state index in [1.165, 1.54) is 4.90 Å². The molecule has 2 aromatic carbocycles. The number of para-hydroxylation sites is 1. The Morgan fingerprint density at radius 1 is 0.893 bits per heavy atom. The molecule has 0 unspecified atom stereocenters. The normalized spacial score (nSPS) is 24.1. The molecule has 2 aliphatic rings. The summed E-state index contributed by atoms with van der Waals surface area (Å²) in [5, 5.41) is 3.70. The van der Waals surface area contributed by atoms with E-state index in [2.05, 4.69) is 0 Å². The molecule has 0 radical (unpaired) electrons. The highest BCUT2D eigenvalue weighted by molar-refractivity contribution is 7.10. The van der Waals surface area contributed by atoms with Crippen molar-refractivity contribution in [1.82, 2.24) is 0 Å². The number of aryl methyl sites for hydroxylation is 1. The van der Waals surface area contributed by atoms with Gasteiger partial charge in [0.15, 0.2) is 6.10 Å². The van der Waals surface area contributed by atoms with Gasteiger partial charge in [0.05, 0.1) is 11.4 Å². The fourth-order valence-electron chi connectivity index (χ4n) is 3.98. The van der Waals surface area contributed by atoms with Gasteiger partial charge in [0.1, 0.15) is 12.0 Å². The Morgan fingerprint density at radius 3 is 2.39 bits per heavy atom. The Hall–Kier alpha value is -2.96. The summed E-state index contributed by atoms with van der Waals surface area (Å²) in [5.41, 5.74) is 2.43. The highest BCUT2D eigenvalue weighted by Gasteiger charge is 2.60. The Balaban J connectivity index is 1.57. The number of hydrogen-bond donors (Lipinski definition) is 0. The lowest BCUT2D eigenvalue weighted by molar-refractivity contribution is -0.126. The highest BCUT2D eigenvalue weighted by Crippen LogP contribution is 2.48. The van der Waals surface area contributed by atoms with Crippen molar-refractivity contribution in [1.29, 1.82) is 0 Å². The Bertz CT molecular complexity index is 1030. The van der Waals surface area contributed by atoms with Crippen LogP contribution in [0.15, 0.2) is 72.1 Å². The van der Waals surface area contributed by atoms with Crippen molar-refractivity contribution in [3.63, 3.8) is 0 Å². The smallest absolute Gasteiger partial charge is 0.266 e. The van der Waals surface area contributed by atoms with Gasteiger partial charge >= 0.3 is 0 Å². The van der Waals surface area contributed by atoms with Crippen LogP contribution in [0.1, 0.15) is 16.5 Å². The van der Waals surface area contributed by atoms with Crippen molar-refractivity contribution in [3.05, 3.63) is 82.6 Å². The maximum absolute atomic E-state index is 13.4. The zero-order chi connectivity index (χ0) is 19.3. The number of nitrogens with zero attached hydrogens (tertiary/aromatic N) is 2. The maximum Gasteiger partial charge on any atom is 0.266 e. The molecule has 0 N–H and O–H groups in total. The molecule has 0 bridgehead atoms. The molecule has 1 aromatic heterocycles. The second-order valence-corrected chi connectivity index (χ2v) is 8.00. The Labute approximate surface area is 166 Å². The van der Waals surface area contributed by atoms with Crippen LogP contribution in [0.25, 0.3) is 0 Å². The number of rotatable bonds is 3. The summed E-state index contributed by atoms with van der Waals surface area (Å²) in [7, 11) is 0. The van der Waals surface area contributed by atoms with E-state index in [4.69, 9.17) is 4.84 Å². The largest absolute Gasteiger partial charge is 0.273 e. The molecule has 3 aromatic rings. The van der Waals surface area contributed by atoms with Crippen LogP contribution in [-0.4, -0.2) is 17.9 Å². The Kier molecular flexibility index (Phi) is 4.03. The summed E-state index contributed by atoms with van der Waals surface area (Å²) in [5.74, 6) is -1.09. The second kappa shape index (κ2) is 6.58. The maximum atomic E-state index is 13.4. The molecule has 2 amide bonds. The van der Waals surface area contributed by atoms with Crippen LogP contribution in [0.3, 0.4) is 0 Å². The summed E-state index contributed by atoms with van der Waals surface area (Å²) in [6, 6.07) is 20.7. The molecule has 5 nitrogen and oxygen atoms in total. The number of thiophene rings is 1. The summed E-state index contributed by atoms with van der Waals surface area (Å²) in [6.07, 6.45) is -0.819. The number of hydroxylamine groups is 1. The van der Waals surface area contributed by atoms with Crippen molar-refractivity contribution < 1.29 is 14.4 Å². The van der Waals surface area contributed by atoms with Crippen LogP contribution in [0, 0.1) is 12.8 Å². The van der Waals surface area contributed by atoms with Gasteiger partial charge in [-0.05, 0) is 48.2 Å². The number of carbonyl (C=O) groups excluding carboxylic acids is 2. The molecule has 2 fully saturated rings. The third-order valence-corrected chi connectivity index (χ3v) is 6.16. The van der Waals surface area contributed by atoms with E-state index < -0.39 is 12.0 Å². The fourth-order valence-corrected chi connectivity index (χ4v) is 4.84. The number of carbonyl (C=O) groups is 2. The van der Waals surface area contributed by atoms with E-state index >= 15 is 0 Å². The summed E-state index contributed by atoms with van der Waals surface area (Å²) in [4.78, 5) is 34.9. The molecular formula is C22H18N2O3S. The van der Waals surface area contributed by atoms with E-state index in [0.717, 1.165) is 16.1 Å². The zero-order valence-corrected chi connectivity index (χ0v) is 16.0. The molecule has 140 valence electrons. The van der Waals surface area contributed by atoms with Gasteiger partial charge in [-0.1, -0.05) is 36.4 Å². The summed E-state index contributed by atoms with van der Waals surface area (Å²) < 4.78 is 0. The fraction of sp³-hybridized carbons (Fsp3) is 0.182. The van der Waals surface area contributed by atoms with Gasteiger partial charge in [-0.25, -0.2) is 9.96 Å². The van der Waals surface area contributed by atoms with Crippen LogP contribution in [0.2, 0.25) is 0 Å². The highest BCUT2D eigenvalue weighted by atomic mass is 32.1. The molecule has 6 heteroatoms. The topological polar surface area (TPSA) is 49.9 Å². The van der Waals surface area contributed by atoms with Gasteiger partial charge in [0.2, 0.25) is 5.91 Å². The lowest BCUT2D eigenvalue weighted by Gasteiger charge is -2.27. The van der Waals surface area contributed by atoms with Gasteiger partial charge in [0, 0.05) is 4.88 Å². The van der Waals surface area contributed by atoms with E-state index in [-0.39, 0.29) is 17.9 Å². The summed E-state index contributed by atoms with van der Waals surface area (Å²) >= 11 is 1.57. The van der Waals surface area contributed by atoms with Gasteiger partial charge in [-0.2, -0.15) is 0 Å².